The van der Waals surface area contributed by atoms with Crippen LogP contribution in [0.5, 0.6) is 0 Å². The number of sulfonamides is 1. The van der Waals surface area contributed by atoms with Crippen molar-refractivity contribution in [2.24, 2.45) is 0 Å². The van der Waals surface area contributed by atoms with E-state index < -0.39 is 10.0 Å². The Morgan fingerprint density at radius 3 is 2.81 bits per heavy atom. The molecule has 1 saturated carbocycles. The Balaban J connectivity index is 1.86. The van der Waals surface area contributed by atoms with Crippen LogP contribution in [0.1, 0.15) is 19.3 Å². The summed E-state index contributed by atoms with van der Waals surface area (Å²) in [6, 6.07) is 5.12. The van der Waals surface area contributed by atoms with Crippen molar-refractivity contribution in [3.8, 4) is 0 Å². The predicted octanol–water partition coefficient (Wildman–Crippen LogP) is 1.60. The third-order valence-corrected chi connectivity index (χ3v) is 5.68. The number of ether oxygens (including phenoxy) is 1. The number of benzene rings is 1. The van der Waals surface area contributed by atoms with Gasteiger partial charge in [-0.25, -0.2) is 13.1 Å². The molecule has 1 aliphatic carbocycles. The minimum Gasteiger partial charge on any atom is -0.399 e. The molecular formula is C14H19N3O3S. The lowest BCUT2D eigenvalue weighted by atomic mass is 9.80. The van der Waals surface area contributed by atoms with Crippen molar-refractivity contribution < 1.29 is 13.2 Å². The fraction of sp³-hybridized carbons (Fsp3) is 0.429. The topological polar surface area (TPSA) is 97.2 Å². The second-order valence-electron chi connectivity index (χ2n) is 5.52. The maximum absolute atomic E-state index is 12.5. The molecule has 0 spiro atoms. The van der Waals surface area contributed by atoms with Crippen molar-refractivity contribution >= 4 is 26.6 Å². The molecular weight excluding hydrogens is 290 g/mol. The lowest BCUT2D eigenvalue weighted by molar-refractivity contribution is -0.0659. The fourth-order valence-corrected chi connectivity index (χ4v) is 3.96. The first kappa shape index (κ1) is 14.4. The van der Waals surface area contributed by atoms with Crippen LogP contribution in [0.4, 0.5) is 5.69 Å². The Morgan fingerprint density at radius 1 is 1.43 bits per heavy atom. The molecule has 0 unspecified atom stereocenters. The number of nitrogen functional groups attached to an aromatic ring is 1. The van der Waals surface area contributed by atoms with Gasteiger partial charge in [0.25, 0.3) is 0 Å². The smallest absolute Gasteiger partial charge is 0.242 e. The molecule has 0 radical (unpaired) electrons. The summed E-state index contributed by atoms with van der Waals surface area (Å²) in [5.41, 5.74) is 6.66. The largest absolute Gasteiger partial charge is 0.399 e. The first-order valence-electron chi connectivity index (χ1n) is 6.87. The van der Waals surface area contributed by atoms with Gasteiger partial charge in [-0.1, -0.05) is 0 Å². The molecule has 0 atom stereocenters. The highest BCUT2D eigenvalue weighted by Crippen LogP contribution is 2.34. The number of methoxy groups -OCH3 is 1. The second-order valence-corrected chi connectivity index (χ2v) is 7.26. The maximum Gasteiger partial charge on any atom is 0.242 e. The van der Waals surface area contributed by atoms with Crippen LogP contribution in [0.3, 0.4) is 0 Å². The Kier molecular flexibility index (Phi) is 3.43. The second kappa shape index (κ2) is 5.01. The summed E-state index contributed by atoms with van der Waals surface area (Å²) < 4.78 is 33.1. The zero-order valence-corrected chi connectivity index (χ0v) is 12.7. The predicted molar refractivity (Wildman–Crippen MR) is 81.5 cm³/mol. The Bertz CT molecular complexity index is 757. The quantitative estimate of drug-likeness (QED) is 0.731. The van der Waals surface area contributed by atoms with Crippen molar-refractivity contribution in [2.45, 2.75) is 29.8 Å². The highest BCUT2D eigenvalue weighted by atomic mass is 32.2. The molecule has 0 bridgehead atoms. The fourth-order valence-electron chi connectivity index (χ4n) is 2.67. The Labute approximate surface area is 123 Å². The molecule has 7 heteroatoms. The van der Waals surface area contributed by atoms with Gasteiger partial charge in [-0.15, -0.1) is 0 Å². The molecule has 1 aromatic heterocycles. The van der Waals surface area contributed by atoms with E-state index in [1.54, 1.807) is 25.3 Å². The molecule has 0 amide bonds. The van der Waals surface area contributed by atoms with E-state index in [0.29, 0.717) is 23.1 Å². The number of hydrogen-bond acceptors (Lipinski definition) is 4. The number of rotatable bonds is 5. The van der Waals surface area contributed by atoms with Gasteiger partial charge < -0.3 is 15.5 Å². The maximum atomic E-state index is 12.5. The summed E-state index contributed by atoms with van der Waals surface area (Å²) in [5.74, 6) is 0. The molecule has 3 rings (SSSR count). The molecule has 21 heavy (non-hydrogen) atoms. The summed E-state index contributed by atoms with van der Waals surface area (Å²) >= 11 is 0. The van der Waals surface area contributed by atoms with E-state index in [1.807, 2.05) is 0 Å². The summed E-state index contributed by atoms with van der Waals surface area (Å²) in [4.78, 5) is 3.18. The number of nitrogens with two attached hydrogens (primary N) is 1. The summed E-state index contributed by atoms with van der Waals surface area (Å²) in [7, 11) is -1.95. The normalized spacial score (nSPS) is 17.8. The van der Waals surface area contributed by atoms with Gasteiger partial charge in [0.1, 0.15) is 4.90 Å². The first-order valence-corrected chi connectivity index (χ1v) is 8.36. The number of H-pyrrole nitrogens is 1. The lowest BCUT2D eigenvalue weighted by Crippen LogP contribution is -2.49. The first-order chi connectivity index (χ1) is 9.96. The Morgan fingerprint density at radius 2 is 2.19 bits per heavy atom. The molecule has 1 aromatic carbocycles. The molecule has 1 fully saturated rings. The number of aromatic nitrogens is 1. The highest BCUT2D eigenvalue weighted by molar-refractivity contribution is 7.89. The van der Waals surface area contributed by atoms with Crippen LogP contribution < -0.4 is 10.5 Å². The van der Waals surface area contributed by atoms with Crippen molar-refractivity contribution in [3.05, 3.63) is 24.4 Å². The summed E-state index contributed by atoms with van der Waals surface area (Å²) in [5, 5.41) is 0.636. The van der Waals surface area contributed by atoms with Gasteiger partial charge in [0, 0.05) is 36.4 Å². The van der Waals surface area contributed by atoms with E-state index in [1.165, 1.54) is 6.20 Å². The van der Waals surface area contributed by atoms with Crippen LogP contribution in [0.15, 0.2) is 29.3 Å². The van der Waals surface area contributed by atoms with E-state index in [9.17, 15) is 8.42 Å². The van der Waals surface area contributed by atoms with Gasteiger partial charge in [0.15, 0.2) is 0 Å². The van der Waals surface area contributed by atoms with Gasteiger partial charge in [-0.2, -0.15) is 0 Å². The average molecular weight is 309 g/mol. The third kappa shape index (κ3) is 2.52. The number of nitrogens with one attached hydrogen (secondary N) is 2. The Hall–Kier alpha value is -1.57. The van der Waals surface area contributed by atoms with Gasteiger partial charge in [0.05, 0.1) is 5.60 Å². The van der Waals surface area contributed by atoms with Crippen molar-refractivity contribution in [1.82, 2.24) is 9.71 Å². The van der Waals surface area contributed by atoms with Crippen LogP contribution >= 0.6 is 0 Å². The molecule has 4 N–H and O–H groups in total. The van der Waals surface area contributed by atoms with Crippen LogP contribution in [-0.2, 0) is 14.8 Å². The van der Waals surface area contributed by atoms with Gasteiger partial charge >= 0.3 is 0 Å². The SMILES string of the molecule is COC1(CNS(=O)(=O)c2c[nH]c3cc(N)ccc23)CCC1. The minimum absolute atomic E-state index is 0.239. The molecule has 2 aromatic rings. The standard InChI is InChI=1S/C14H19N3O3S/c1-20-14(5-2-6-14)9-17-21(18,19)13-8-16-12-7-10(15)3-4-11(12)13/h3-4,7-8,16-17H,2,5-6,9,15H2,1H3. The number of fused-ring (bicyclic) bond motifs is 1. The third-order valence-electron chi connectivity index (χ3n) is 4.24. The summed E-state index contributed by atoms with van der Waals surface area (Å²) in [6.07, 6.45) is 4.33. The van der Waals surface area contributed by atoms with E-state index in [0.717, 1.165) is 19.3 Å². The van der Waals surface area contributed by atoms with Crippen LogP contribution in [0, 0.1) is 0 Å². The van der Waals surface area contributed by atoms with E-state index in [4.69, 9.17) is 10.5 Å². The van der Waals surface area contributed by atoms with Gasteiger partial charge in [-0.05, 0) is 37.5 Å². The highest BCUT2D eigenvalue weighted by Gasteiger charge is 2.38. The van der Waals surface area contributed by atoms with Crippen LogP contribution in [0.25, 0.3) is 10.9 Å². The van der Waals surface area contributed by atoms with Gasteiger partial charge in [-0.3, -0.25) is 0 Å². The molecule has 1 aliphatic rings. The lowest BCUT2D eigenvalue weighted by Gasteiger charge is -2.40. The zero-order valence-electron chi connectivity index (χ0n) is 11.8. The average Bonchev–Trinajstić information content (AvgIpc) is 2.81. The molecule has 0 aliphatic heterocycles. The van der Waals surface area contributed by atoms with Crippen LogP contribution in [-0.4, -0.2) is 32.7 Å². The number of hydrogen-bond donors (Lipinski definition) is 3. The number of aromatic amines is 1. The minimum atomic E-state index is -3.58. The van der Waals surface area contributed by atoms with E-state index in [-0.39, 0.29) is 10.5 Å². The molecule has 0 saturated heterocycles. The van der Waals surface area contributed by atoms with Crippen molar-refractivity contribution in [1.29, 1.82) is 0 Å². The monoisotopic (exact) mass is 309 g/mol. The van der Waals surface area contributed by atoms with E-state index in [2.05, 4.69) is 9.71 Å². The van der Waals surface area contributed by atoms with Crippen LogP contribution in [0.2, 0.25) is 0 Å². The molecule has 1 heterocycles. The molecule has 6 nitrogen and oxygen atoms in total. The van der Waals surface area contributed by atoms with Crippen molar-refractivity contribution in [3.63, 3.8) is 0 Å². The van der Waals surface area contributed by atoms with E-state index >= 15 is 0 Å². The van der Waals surface area contributed by atoms with Gasteiger partial charge in [0.2, 0.25) is 10.0 Å². The van der Waals surface area contributed by atoms with Crippen molar-refractivity contribution in [2.75, 3.05) is 19.4 Å². The number of anilines is 1. The zero-order chi connectivity index (χ0) is 15.1. The molecule has 114 valence electrons. The summed E-state index contributed by atoms with van der Waals surface area (Å²) in [6.45, 7) is 0.299.